The molecule has 0 unspecified atom stereocenters. The minimum absolute atomic E-state index is 0.106. The number of aliphatic imine (C=N–C) groups is 1. The highest BCUT2D eigenvalue weighted by Crippen LogP contribution is 2.41. The second kappa shape index (κ2) is 6.84. The van der Waals surface area contributed by atoms with Crippen molar-refractivity contribution in [2.24, 2.45) is 4.99 Å². The summed E-state index contributed by atoms with van der Waals surface area (Å²) in [7, 11) is 0. The maximum atomic E-state index is 6.05. The summed E-state index contributed by atoms with van der Waals surface area (Å²) in [5.74, 6) is 0.838. The van der Waals surface area contributed by atoms with E-state index >= 15 is 0 Å². The topological polar surface area (TPSA) is 27.6 Å². The summed E-state index contributed by atoms with van der Waals surface area (Å²) in [6.45, 7) is 10.7. The van der Waals surface area contributed by atoms with E-state index in [2.05, 4.69) is 69.1 Å². The van der Waals surface area contributed by atoms with E-state index in [1.807, 2.05) is 36.4 Å². The van der Waals surface area contributed by atoms with Gasteiger partial charge in [-0.15, -0.1) is 0 Å². The van der Waals surface area contributed by atoms with Crippen LogP contribution in [-0.4, -0.2) is 27.4 Å². The van der Waals surface area contributed by atoms with Crippen LogP contribution in [0.25, 0.3) is 0 Å². The van der Waals surface area contributed by atoms with Crippen molar-refractivity contribution in [1.29, 1.82) is 0 Å². The van der Waals surface area contributed by atoms with Crippen LogP contribution in [-0.2, 0) is 5.54 Å². The Kier molecular flexibility index (Phi) is 4.89. The zero-order chi connectivity index (χ0) is 18.9. The molecule has 3 nitrogen and oxygen atoms in total. The van der Waals surface area contributed by atoms with Crippen LogP contribution in [0.5, 0.6) is 0 Å². The first-order chi connectivity index (χ1) is 12.3. The Hall–Kier alpha value is -2.20. The van der Waals surface area contributed by atoms with Crippen molar-refractivity contribution in [2.45, 2.75) is 51.7 Å². The third-order valence-electron chi connectivity index (χ3n) is 4.42. The molecule has 0 atom stereocenters. The summed E-state index contributed by atoms with van der Waals surface area (Å²) >= 11 is 6.05. The fraction of sp³-hybridized carbons (Fsp3) is 0.364. The van der Waals surface area contributed by atoms with Gasteiger partial charge in [0.2, 0.25) is 5.96 Å². The molecule has 0 bridgehead atoms. The Balaban J connectivity index is 2.25. The summed E-state index contributed by atoms with van der Waals surface area (Å²) < 4.78 is 0. The quantitative estimate of drug-likeness (QED) is 0.797. The van der Waals surface area contributed by atoms with Crippen molar-refractivity contribution in [1.82, 2.24) is 10.2 Å². The molecule has 136 valence electrons. The highest BCUT2D eigenvalue weighted by molar-refractivity contribution is 7.80. The van der Waals surface area contributed by atoms with Crippen molar-refractivity contribution in [3.05, 3.63) is 71.8 Å². The van der Waals surface area contributed by atoms with Gasteiger partial charge in [-0.25, -0.2) is 4.99 Å². The predicted octanol–water partition coefficient (Wildman–Crippen LogP) is 4.73. The van der Waals surface area contributed by atoms with Crippen molar-refractivity contribution < 1.29 is 0 Å². The van der Waals surface area contributed by atoms with E-state index in [1.165, 1.54) is 0 Å². The number of nitrogens with one attached hydrogen (secondary N) is 1. The average Bonchev–Trinajstić information content (AvgIpc) is 2.88. The van der Waals surface area contributed by atoms with E-state index in [4.69, 9.17) is 17.2 Å². The first-order valence-electron chi connectivity index (χ1n) is 9.08. The Morgan fingerprint density at radius 2 is 1.38 bits per heavy atom. The molecule has 26 heavy (non-hydrogen) atoms. The zero-order valence-corrected chi connectivity index (χ0v) is 17.0. The van der Waals surface area contributed by atoms with Gasteiger partial charge in [-0.1, -0.05) is 72.9 Å². The van der Waals surface area contributed by atoms with Crippen LogP contribution in [0.15, 0.2) is 65.7 Å². The average molecular weight is 366 g/mol. The molecule has 1 aliphatic rings. The zero-order valence-electron chi connectivity index (χ0n) is 16.2. The first kappa shape index (κ1) is 18.6. The van der Waals surface area contributed by atoms with Gasteiger partial charge >= 0.3 is 0 Å². The van der Waals surface area contributed by atoms with Crippen molar-refractivity contribution in [2.75, 3.05) is 0 Å². The maximum Gasteiger partial charge on any atom is 0.201 e. The maximum absolute atomic E-state index is 6.05. The molecule has 1 heterocycles. The SMILES string of the molecule is CC(C)N1C(=S)C(c2ccccc2)(c2ccccc2)N=C1NC(C)(C)C. The number of benzene rings is 2. The van der Waals surface area contributed by atoms with Gasteiger partial charge in [-0.05, 0) is 45.7 Å². The fourth-order valence-corrected chi connectivity index (χ4v) is 3.91. The van der Waals surface area contributed by atoms with E-state index in [0.717, 1.165) is 22.1 Å². The highest BCUT2D eigenvalue weighted by atomic mass is 32.1. The number of guanidine groups is 1. The normalized spacial score (nSPS) is 16.8. The lowest BCUT2D eigenvalue weighted by Crippen LogP contribution is -2.52. The lowest BCUT2D eigenvalue weighted by atomic mass is 9.83. The molecule has 0 saturated heterocycles. The summed E-state index contributed by atoms with van der Waals surface area (Å²) in [6, 6.07) is 20.9. The molecule has 0 amide bonds. The summed E-state index contributed by atoms with van der Waals surface area (Å²) in [5.41, 5.74) is 1.39. The van der Waals surface area contributed by atoms with Gasteiger partial charge in [-0.3, -0.25) is 0 Å². The lowest BCUT2D eigenvalue weighted by Gasteiger charge is -2.33. The third kappa shape index (κ3) is 3.26. The molecule has 1 aliphatic heterocycles. The monoisotopic (exact) mass is 365 g/mol. The van der Waals surface area contributed by atoms with Crippen molar-refractivity contribution in [3.8, 4) is 0 Å². The smallest absolute Gasteiger partial charge is 0.201 e. The second-order valence-electron chi connectivity index (χ2n) is 8.02. The largest absolute Gasteiger partial charge is 0.351 e. The van der Waals surface area contributed by atoms with Crippen LogP contribution < -0.4 is 5.32 Å². The van der Waals surface area contributed by atoms with Gasteiger partial charge in [0.05, 0.1) is 0 Å². The number of thiocarbonyl (C=S) groups is 1. The van der Waals surface area contributed by atoms with Gasteiger partial charge in [-0.2, -0.15) is 0 Å². The number of rotatable bonds is 3. The van der Waals surface area contributed by atoms with Crippen LogP contribution in [0.2, 0.25) is 0 Å². The summed E-state index contributed by atoms with van der Waals surface area (Å²) in [5, 5.41) is 3.56. The molecule has 0 fully saturated rings. The van der Waals surface area contributed by atoms with E-state index < -0.39 is 5.54 Å². The van der Waals surface area contributed by atoms with Crippen molar-refractivity contribution >= 4 is 23.2 Å². The molecule has 0 saturated carbocycles. The number of nitrogens with zero attached hydrogens (tertiary/aromatic N) is 2. The van der Waals surface area contributed by atoms with E-state index in [1.54, 1.807) is 0 Å². The highest BCUT2D eigenvalue weighted by Gasteiger charge is 2.49. The Morgan fingerprint density at radius 1 is 0.923 bits per heavy atom. The molecule has 2 aromatic rings. The molecule has 0 aromatic heterocycles. The fourth-order valence-electron chi connectivity index (χ4n) is 3.34. The minimum Gasteiger partial charge on any atom is -0.351 e. The minimum atomic E-state index is -0.685. The summed E-state index contributed by atoms with van der Waals surface area (Å²) in [6.07, 6.45) is 0. The molecule has 0 radical (unpaired) electrons. The Morgan fingerprint density at radius 3 is 1.77 bits per heavy atom. The third-order valence-corrected chi connectivity index (χ3v) is 4.91. The van der Waals surface area contributed by atoms with Crippen LogP contribution in [0.1, 0.15) is 45.7 Å². The molecular weight excluding hydrogens is 338 g/mol. The first-order valence-corrected chi connectivity index (χ1v) is 9.49. The van der Waals surface area contributed by atoms with Gasteiger partial charge in [0.15, 0.2) is 5.54 Å². The number of hydrogen-bond donors (Lipinski definition) is 1. The van der Waals surface area contributed by atoms with Gasteiger partial charge in [0.1, 0.15) is 4.99 Å². The van der Waals surface area contributed by atoms with E-state index in [9.17, 15) is 0 Å². The van der Waals surface area contributed by atoms with Gasteiger partial charge < -0.3 is 10.2 Å². The van der Waals surface area contributed by atoms with Crippen LogP contribution in [0.4, 0.5) is 0 Å². The lowest BCUT2D eigenvalue weighted by molar-refractivity contribution is 0.442. The van der Waals surface area contributed by atoms with Crippen LogP contribution in [0, 0.1) is 0 Å². The standard InChI is InChI=1S/C22H27N3S/c1-16(2)25-19(26)22(17-12-8-6-9-13-17,18-14-10-7-11-15-18)24-20(25)23-21(3,4)5/h6-16H,1-5H3,(H,23,24). The van der Waals surface area contributed by atoms with Crippen molar-refractivity contribution in [3.63, 3.8) is 0 Å². The van der Waals surface area contributed by atoms with Gasteiger partial charge in [0.25, 0.3) is 0 Å². The van der Waals surface area contributed by atoms with E-state index in [0.29, 0.717) is 0 Å². The molecule has 4 heteroatoms. The molecule has 2 aromatic carbocycles. The Labute approximate surface area is 162 Å². The van der Waals surface area contributed by atoms with Crippen LogP contribution in [0.3, 0.4) is 0 Å². The Bertz CT molecular complexity index is 765. The van der Waals surface area contributed by atoms with Crippen LogP contribution >= 0.6 is 12.2 Å². The molecule has 0 aliphatic carbocycles. The molecule has 1 N–H and O–H groups in total. The summed E-state index contributed by atoms with van der Waals surface area (Å²) in [4.78, 5) is 8.19. The second-order valence-corrected chi connectivity index (χ2v) is 8.41. The van der Waals surface area contributed by atoms with E-state index in [-0.39, 0.29) is 11.6 Å². The predicted molar refractivity (Wildman–Crippen MR) is 114 cm³/mol. The van der Waals surface area contributed by atoms with Gasteiger partial charge in [0, 0.05) is 11.6 Å². The molecular formula is C22H27N3S. The molecule has 0 spiro atoms. The molecule has 3 rings (SSSR count). The number of hydrogen-bond acceptors (Lipinski definition) is 3.